The first-order chi connectivity index (χ1) is 11.1. The molecule has 3 nitrogen and oxygen atoms in total. The van der Waals surface area contributed by atoms with E-state index in [0.29, 0.717) is 0 Å². The van der Waals surface area contributed by atoms with Gasteiger partial charge < -0.3 is 5.11 Å². The fraction of sp³-hybridized carbons (Fsp3) is 0.0526. The molecule has 0 amide bonds. The van der Waals surface area contributed by atoms with Crippen molar-refractivity contribution in [1.29, 1.82) is 0 Å². The third-order valence-electron chi connectivity index (χ3n) is 3.40. The van der Waals surface area contributed by atoms with Crippen LogP contribution in [0.15, 0.2) is 60.0 Å². The van der Waals surface area contributed by atoms with E-state index in [-0.39, 0.29) is 17.1 Å². The molecule has 3 rings (SSSR count). The monoisotopic (exact) mass is 321 g/mol. The summed E-state index contributed by atoms with van der Waals surface area (Å²) < 4.78 is 0. The Kier molecular flexibility index (Phi) is 4.35. The normalized spacial score (nSPS) is 11.0. The number of hydrogen-bond acceptors (Lipinski definition) is 4. The Balaban J connectivity index is 1.77. The molecule has 0 aliphatic heterocycles. The van der Waals surface area contributed by atoms with E-state index in [1.54, 1.807) is 24.3 Å². The van der Waals surface area contributed by atoms with Crippen LogP contribution in [0.4, 0.5) is 0 Å². The van der Waals surface area contributed by atoms with Crippen molar-refractivity contribution in [3.8, 4) is 16.3 Å². The number of phenolic OH excluding ortho intramolecular Hbond substituents is 1. The number of hydrogen-bond donors (Lipinski definition) is 1. The molecule has 3 aromatic rings. The van der Waals surface area contributed by atoms with Crippen LogP contribution in [0.1, 0.15) is 21.6 Å². The molecule has 0 saturated heterocycles. The van der Waals surface area contributed by atoms with Crippen LogP contribution in [0, 0.1) is 6.92 Å². The molecule has 0 saturated carbocycles. The first kappa shape index (κ1) is 15.2. The van der Waals surface area contributed by atoms with Gasteiger partial charge in [-0.1, -0.05) is 42.0 Å². The van der Waals surface area contributed by atoms with Crippen LogP contribution < -0.4 is 0 Å². The van der Waals surface area contributed by atoms with E-state index < -0.39 is 0 Å². The molecule has 0 fully saturated rings. The minimum Gasteiger partial charge on any atom is -0.507 e. The topological polar surface area (TPSA) is 50.2 Å². The zero-order valence-electron chi connectivity index (χ0n) is 12.6. The van der Waals surface area contributed by atoms with E-state index in [0.717, 1.165) is 16.3 Å². The number of allylic oxidation sites excluding steroid dienone is 1. The summed E-state index contributed by atoms with van der Waals surface area (Å²) in [5.41, 5.74) is 3.29. The summed E-state index contributed by atoms with van der Waals surface area (Å²) in [6.45, 7) is 2.05. The number of phenols is 1. The molecular weight excluding hydrogens is 306 g/mol. The first-order valence-electron chi connectivity index (χ1n) is 7.16. The molecule has 114 valence electrons. The second kappa shape index (κ2) is 6.58. The number of carbonyl (C=O) groups is 1. The Hall–Kier alpha value is -2.72. The number of aromatic nitrogens is 1. The molecule has 0 unspecified atom stereocenters. The van der Waals surface area contributed by atoms with Gasteiger partial charge >= 0.3 is 0 Å². The van der Waals surface area contributed by atoms with Gasteiger partial charge in [-0.25, -0.2) is 4.98 Å². The zero-order chi connectivity index (χ0) is 16.2. The van der Waals surface area contributed by atoms with Gasteiger partial charge in [-0.2, -0.15) is 0 Å². The highest BCUT2D eigenvalue weighted by molar-refractivity contribution is 7.13. The van der Waals surface area contributed by atoms with E-state index >= 15 is 0 Å². The highest BCUT2D eigenvalue weighted by atomic mass is 32.1. The number of aromatic hydroxyl groups is 1. The first-order valence-corrected chi connectivity index (χ1v) is 8.04. The largest absolute Gasteiger partial charge is 0.507 e. The van der Waals surface area contributed by atoms with Crippen LogP contribution in [0.5, 0.6) is 5.75 Å². The third kappa shape index (κ3) is 3.55. The molecule has 0 atom stereocenters. The lowest BCUT2D eigenvalue weighted by molar-refractivity contribution is 0.104. The van der Waals surface area contributed by atoms with Gasteiger partial charge in [0.1, 0.15) is 10.8 Å². The summed E-state index contributed by atoms with van der Waals surface area (Å²) in [5, 5.41) is 12.5. The summed E-state index contributed by atoms with van der Waals surface area (Å²) in [4.78, 5) is 16.6. The number of aryl methyl sites for hydroxylation is 1. The summed E-state index contributed by atoms with van der Waals surface area (Å²) in [6, 6.07) is 14.7. The van der Waals surface area contributed by atoms with Crippen LogP contribution in [-0.4, -0.2) is 15.9 Å². The van der Waals surface area contributed by atoms with Crippen molar-refractivity contribution in [2.45, 2.75) is 6.92 Å². The van der Waals surface area contributed by atoms with Gasteiger partial charge in [0.25, 0.3) is 0 Å². The number of benzene rings is 2. The van der Waals surface area contributed by atoms with Gasteiger partial charge in [0, 0.05) is 10.9 Å². The number of rotatable bonds is 4. The van der Waals surface area contributed by atoms with Crippen LogP contribution in [-0.2, 0) is 0 Å². The lowest BCUT2D eigenvalue weighted by Crippen LogP contribution is -1.94. The van der Waals surface area contributed by atoms with Gasteiger partial charge in [0.15, 0.2) is 5.78 Å². The van der Waals surface area contributed by atoms with Gasteiger partial charge in [0.05, 0.1) is 11.3 Å². The summed E-state index contributed by atoms with van der Waals surface area (Å²) in [6.07, 6.45) is 3.10. The zero-order valence-corrected chi connectivity index (χ0v) is 13.4. The number of nitrogens with zero attached hydrogens (tertiary/aromatic N) is 1. The SMILES string of the molecule is Cc1ccc(-c2nc(C=CC(=O)c3ccccc3O)cs2)cc1. The van der Waals surface area contributed by atoms with E-state index in [4.69, 9.17) is 0 Å². The van der Waals surface area contributed by atoms with Crippen molar-refractivity contribution in [2.24, 2.45) is 0 Å². The Morgan fingerprint density at radius 3 is 2.61 bits per heavy atom. The molecule has 1 N–H and O–H groups in total. The molecule has 0 radical (unpaired) electrons. The molecule has 0 aliphatic carbocycles. The van der Waals surface area contributed by atoms with Crippen molar-refractivity contribution in [2.75, 3.05) is 0 Å². The van der Waals surface area contributed by atoms with Gasteiger partial charge in [-0.05, 0) is 31.2 Å². The second-order valence-corrected chi connectivity index (χ2v) is 6.02. The Labute approximate surface area is 138 Å². The third-order valence-corrected chi connectivity index (χ3v) is 4.31. The summed E-state index contributed by atoms with van der Waals surface area (Å²) in [7, 11) is 0. The van der Waals surface area contributed by atoms with Gasteiger partial charge in [0.2, 0.25) is 0 Å². The predicted octanol–water partition coefficient (Wildman–Crippen LogP) is 4.72. The second-order valence-electron chi connectivity index (χ2n) is 5.16. The van der Waals surface area contributed by atoms with Gasteiger partial charge in [-0.3, -0.25) is 4.79 Å². The summed E-state index contributed by atoms with van der Waals surface area (Å²) >= 11 is 1.54. The Morgan fingerprint density at radius 2 is 1.87 bits per heavy atom. The lowest BCUT2D eigenvalue weighted by Gasteiger charge is -1.98. The standard InChI is InChI=1S/C19H15NO2S/c1-13-6-8-14(9-7-13)19-20-15(12-23-19)10-11-18(22)16-4-2-3-5-17(16)21/h2-12,21H,1H3. The van der Waals surface area contributed by atoms with Gasteiger partial charge in [-0.15, -0.1) is 11.3 Å². The lowest BCUT2D eigenvalue weighted by atomic mass is 10.1. The number of para-hydroxylation sites is 1. The predicted molar refractivity (Wildman–Crippen MR) is 93.8 cm³/mol. The molecule has 1 heterocycles. The molecular formula is C19H15NO2S. The van der Waals surface area contributed by atoms with Crippen LogP contribution in [0.2, 0.25) is 0 Å². The van der Waals surface area contributed by atoms with Crippen molar-refractivity contribution < 1.29 is 9.90 Å². The highest BCUT2D eigenvalue weighted by Crippen LogP contribution is 2.24. The summed E-state index contributed by atoms with van der Waals surface area (Å²) in [5.74, 6) is -0.256. The Bertz CT molecular complexity index is 863. The van der Waals surface area contributed by atoms with E-state index in [1.165, 1.54) is 29.0 Å². The minimum atomic E-state index is -0.243. The van der Waals surface area contributed by atoms with Crippen LogP contribution in [0.25, 0.3) is 16.6 Å². The molecule has 4 heteroatoms. The molecule has 23 heavy (non-hydrogen) atoms. The van der Waals surface area contributed by atoms with E-state index in [9.17, 15) is 9.90 Å². The quantitative estimate of drug-likeness (QED) is 0.559. The Morgan fingerprint density at radius 1 is 1.13 bits per heavy atom. The molecule has 0 aliphatic rings. The fourth-order valence-electron chi connectivity index (χ4n) is 2.12. The highest BCUT2D eigenvalue weighted by Gasteiger charge is 2.07. The minimum absolute atomic E-state index is 0.0132. The molecule has 1 aromatic heterocycles. The van der Waals surface area contributed by atoms with E-state index in [2.05, 4.69) is 4.98 Å². The van der Waals surface area contributed by atoms with Crippen molar-refractivity contribution in [1.82, 2.24) is 4.98 Å². The van der Waals surface area contributed by atoms with E-state index in [1.807, 2.05) is 36.6 Å². The van der Waals surface area contributed by atoms with Crippen molar-refractivity contribution in [3.05, 3.63) is 76.8 Å². The smallest absolute Gasteiger partial charge is 0.189 e. The maximum Gasteiger partial charge on any atom is 0.189 e. The number of thiazole rings is 1. The average molecular weight is 321 g/mol. The molecule has 0 bridgehead atoms. The van der Waals surface area contributed by atoms with Crippen LogP contribution >= 0.6 is 11.3 Å². The molecule has 2 aromatic carbocycles. The number of carbonyl (C=O) groups excluding carboxylic acids is 1. The van der Waals surface area contributed by atoms with Crippen LogP contribution in [0.3, 0.4) is 0 Å². The number of ketones is 1. The maximum absolute atomic E-state index is 12.1. The van der Waals surface area contributed by atoms with Crippen molar-refractivity contribution >= 4 is 23.2 Å². The average Bonchev–Trinajstić information content (AvgIpc) is 3.03. The molecule has 0 spiro atoms. The maximum atomic E-state index is 12.1. The fourth-order valence-corrected chi connectivity index (χ4v) is 2.92. The van der Waals surface area contributed by atoms with Crippen molar-refractivity contribution in [3.63, 3.8) is 0 Å².